The van der Waals surface area contributed by atoms with Gasteiger partial charge in [-0.2, -0.15) is 0 Å². The SMILES string of the molecule is O=C(CCNC(=O)[C@@H]1CC(=O)N(c2ccccc2)C1)Nc1cccc(O)c1. The first-order valence-corrected chi connectivity index (χ1v) is 8.75. The minimum atomic E-state index is -0.424. The number of hydrogen-bond acceptors (Lipinski definition) is 4. The second kappa shape index (κ2) is 8.35. The Bertz CT molecular complexity index is 838. The van der Waals surface area contributed by atoms with Crippen molar-refractivity contribution in [1.29, 1.82) is 0 Å². The lowest BCUT2D eigenvalue weighted by atomic mass is 10.1. The molecule has 1 aliphatic rings. The van der Waals surface area contributed by atoms with Crippen molar-refractivity contribution in [3.05, 3.63) is 54.6 Å². The average molecular weight is 367 g/mol. The molecule has 3 rings (SSSR count). The molecule has 1 atom stereocenters. The number of nitrogens with one attached hydrogen (secondary N) is 2. The molecule has 3 N–H and O–H groups in total. The van der Waals surface area contributed by atoms with Gasteiger partial charge in [-0.3, -0.25) is 14.4 Å². The second-order valence-electron chi connectivity index (χ2n) is 6.38. The topological polar surface area (TPSA) is 98.7 Å². The van der Waals surface area contributed by atoms with E-state index in [2.05, 4.69) is 10.6 Å². The third-order valence-corrected chi connectivity index (χ3v) is 4.34. The third kappa shape index (κ3) is 4.84. The fraction of sp³-hybridized carbons (Fsp3) is 0.250. The van der Waals surface area contributed by atoms with Crippen LogP contribution in [-0.4, -0.2) is 35.9 Å². The number of carbonyl (C=O) groups excluding carboxylic acids is 3. The molecule has 0 spiro atoms. The number of carbonyl (C=O) groups is 3. The molecule has 0 aromatic heterocycles. The summed E-state index contributed by atoms with van der Waals surface area (Å²) in [7, 11) is 0. The summed E-state index contributed by atoms with van der Waals surface area (Å²) in [4.78, 5) is 38.0. The van der Waals surface area contributed by atoms with Crippen LogP contribution in [0.15, 0.2) is 54.6 Å². The number of phenolic OH excluding ortho intramolecular Hbond substituents is 1. The molecular weight excluding hydrogens is 346 g/mol. The Morgan fingerprint density at radius 2 is 1.89 bits per heavy atom. The highest BCUT2D eigenvalue weighted by atomic mass is 16.3. The molecule has 0 aliphatic carbocycles. The van der Waals surface area contributed by atoms with Gasteiger partial charge in [0.1, 0.15) is 5.75 Å². The van der Waals surface area contributed by atoms with Gasteiger partial charge in [0.25, 0.3) is 0 Å². The van der Waals surface area contributed by atoms with Crippen molar-refractivity contribution >= 4 is 29.1 Å². The molecule has 1 heterocycles. The van der Waals surface area contributed by atoms with Gasteiger partial charge in [-0.15, -0.1) is 0 Å². The summed E-state index contributed by atoms with van der Waals surface area (Å²) in [6.45, 7) is 0.518. The highest BCUT2D eigenvalue weighted by Gasteiger charge is 2.34. The Labute approximate surface area is 157 Å². The first-order chi connectivity index (χ1) is 13.0. The maximum Gasteiger partial charge on any atom is 0.227 e. The maximum absolute atomic E-state index is 12.3. The molecule has 140 valence electrons. The van der Waals surface area contributed by atoms with Crippen LogP contribution in [0.3, 0.4) is 0 Å². The van der Waals surface area contributed by atoms with E-state index < -0.39 is 5.92 Å². The first-order valence-electron chi connectivity index (χ1n) is 8.75. The molecule has 1 aliphatic heterocycles. The van der Waals surface area contributed by atoms with E-state index in [1.165, 1.54) is 12.1 Å². The highest BCUT2D eigenvalue weighted by Crippen LogP contribution is 2.24. The van der Waals surface area contributed by atoms with Crippen molar-refractivity contribution in [3.63, 3.8) is 0 Å². The molecule has 0 radical (unpaired) electrons. The summed E-state index contributed by atoms with van der Waals surface area (Å²) in [5, 5.41) is 14.7. The van der Waals surface area contributed by atoms with Gasteiger partial charge >= 0.3 is 0 Å². The summed E-state index contributed by atoms with van der Waals surface area (Å²) in [5.74, 6) is -0.939. The summed E-state index contributed by atoms with van der Waals surface area (Å²) in [6.07, 6.45) is 0.265. The van der Waals surface area contributed by atoms with E-state index in [0.717, 1.165) is 5.69 Å². The quantitative estimate of drug-likeness (QED) is 0.726. The minimum absolute atomic E-state index is 0.0648. The van der Waals surface area contributed by atoms with Crippen LogP contribution in [0, 0.1) is 5.92 Å². The Hall–Kier alpha value is -3.35. The molecule has 7 heteroatoms. The fourth-order valence-electron chi connectivity index (χ4n) is 2.99. The van der Waals surface area contributed by atoms with E-state index in [-0.39, 0.29) is 42.9 Å². The van der Waals surface area contributed by atoms with Crippen molar-refractivity contribution in [1.82, 2.24) is 5.32 Å². The second-order valence-corrected chi connectivity index (χ2v) is 6.38. The van der Waals surface area contributed by atoms with Crippen LogP contribution in [-0.2, 0) is 14.4 Å². The molecule has 0 bridgehead atoms. The first kappa shape index (κ1) is 18.4. The smallest absolute Gasteiger partial charge is 0.227 e. The van der Waals surface area contributed by atoms with Crippen LogP contribution in [0.2, 0.25) is 0 Å². The lowest BCUT2D eigenvalue weighted by Gasteiger charge is -2.16. The lowest BCUT2D eigenvalue weighted by molar-refractivity contribution is -0.126. The van der Waals surface area contributed by atoms with Crippen molar-refractivity contribution in [2.24, 2.45) is 5.92 Å². The van der Waals surface area contributed by atoms with Crippen LogP contribution in [0.5, 0.6) is 5.75 Å². The summed E-state index contributed by atoms with van der Waals surface area (Å²) < 4.78 is 0. The van der Waals surface area contributed by atoms with Crippen LogP contribution in [0.25, 0.3) is 0 Å². The number of aromatic hydroxyl groups is 1. The molecule has 0 saturated carbocycles. The highest BCUT2D eigenvalue weighted by molar-refractivity contribution is 6.00. The predicted octanol–water partition coefficient (Wildman–Crippen LogP) is 1.89. The van der Waals surface area contributed by atoms with Crippen LogP contribution in [0.4, 0.5) is 11.4 Å². The number of nitrogens with zero attached hydrogens (tertiary/aromatic N) is 1. The zero-order valence-electron chi connectivity index (χ0n) is 14.7. The number of hydrogen-bond donors (Lipinski definition) is 3. The molecule has 3 amide bonds. The molecule has 1 fully saturated rings. The summed E-state index contributed by atoms with van der Waals surface area (Å²) >= 11 is 0. The third-order valence-electron chi connectivity index (χ3n) is 4.34. The summed E-state index contributed by atoms with van der Waals surface area (Å²) in [5.41, 5.74) is 1.27. The van der Waals surface area contributed by atoms with Gasteiger partial charge in [-0.1, -0.05) is 24.3 Å². The molecule has 27 heavy (non-hydrogen) atoms. The van der Waals surface area contributed by atoms with Gasteiger partial charge in [0, 0.05) is 43.4 Å². The Morgan fingerprint density at radius 3 is 2.63 bits per heavy atom. The maximum atomic E-state index is 12.3. The van der Waals surface area contributed by atoms with E-state index >= 15 is 0 Å². The number of para-hydroxylation sites is 1. The normalized spacial score (nSPS) is 16.2. The molecule has 2 aromatic rings. The van der Waals surface area contributed by atoms with Gasteiger partial charge in [-0.25, -0.2) is 0 Å². The van der Waals surface area contributed by atoms with Crippen LogP contribution in [0.1, 0.15) is 12.8 Å². The van der Waals surface area contributed by atoms with E-state index in [0.29, 0.717) is 12.2 Å². The van der Waals surface area contributed by atoms with Gasteiger partial charge in [0.15, 0.2) is 0 Å². The van der Waals surface area contributed by atoms with Crippen molar-refractivity contribution in [2.45, 2.75) is 12.8 Å². The Balaban J connectivity index is 1.44. The van der Waals surface area contributed by atoms with Crippen LogP contribution >= 0.6 is 0 Å². The number of amides is 3. The average Bonchev–Trinajstić information content (AvgIpc) is 3.04. The number of anilines is 2. The van der Waals surface area contributed by atoms with E-state index in [1.54, 1.807) is 17.0 Å². The molecular formula is C20H21N3O4. The number of rotatable bonds is 6. The zero-order valence-corrected chi connectivity index (χ0v) is 14.7. The summed E-state index contributed by atoms with van der Waals surface area (Å²) in [6, 6.07) is 15.5. The van der Waals surface area contributed by atoms with Gasteiger partial charge in [-0.05, 0) is 24.3 Å². The minimum Gasteiger partial charge on any atom is -0.508 e. The predicted molar refractivity (Wildman–Crippen MR) is 101 cm³/mol. The standard InChI is InChI=1S/C20H21N3O4/c24-17-8-4-5-15(12-17)22-18(25)9-10-21-20(27)14-11-19(26)23(13-14)16-6-2-1-3-7-16/h1-8,12,14,24H,9-11,13H2,(H,21,27)(H,22,25)/t14-/m1/s1. The van der Waals surface area contributed by atoms with Gasteiger partial charge in [0.2, 0.25) is 17.7 Å². The van der Waals surface area contributed by atoms with Crippen molar-refractivity contribution in [3.8, 4) is 5.75 Å². The fourth-order valence-corrected chi connectivity index (χ4v) is 2.99. The molecule has 7 nitrogen and oxygen atoms in total. The lowest BCUT2D eigenvalue weighted by Crippen LogP contribution is -2.34. The van der Waals surface area contributed by atoms with E-state index in [9.17, 15) is 19.5 Å². The largest absolute Gasteiger partial charge is 0.508 e. The van der Waals surface area contributed by atoms with Crippen molar-refractivity contribution < 1.29 is 19.5 Å². The van der Waals surface area contributed by atoms with Crippen molar-refractivity contribution in [2.75, 3.05) is 23.3 Å². The van der Waals surface area contributed by atoms with E-state index in [4.69, 9.17) is 0 Å². The Kier molecular flexibility index (Phi) is 5.71. The van der Waals surface area contributed by atoms with Gasteiger partial charge < -0.3 is 20.6 Å². The molecule has 2 aromatic carbocycles. The number of phenols is 1. The molecule has 1 saturated heterocycles. The molecule has 0 unspecified atom stereocenters. The van der Waals surface area contributed by atoms with E-state index in [1.807, 2.05) is 30.3 Å². The van der Waals surface area contributed by atoms with Gasteiger partial charge in [0.05, 0.1) is 5.92 Å². The monoisotopic (exact) mass is 367 g/mol. The Morgan fingerprint density at radius 1 is 1.11 bits per heavy atom. The number of benzene rings is 2. The van der Waals surface area contributed by atoms with Crippen LogP contribution < -0.4 is 15.5 Å². The zero-order chi connectivity index (χ0) is 19.2.